The van der Waals surface area contributed by atoms with Crippen LogP contribution < -0.4 is 5.32 Å². The lowest BCUT2D eigenvalue weighted by Crippen LogP contribution is -2.60. The van der Waals surface area contributed by atoms with Crippen molar-refractivity contribution in [1.82, 2.24) is 5.32 Å². The average molecular weight is 718 g/mol. The van der Waals surface area contributed by atoms with E-state index in [2.05, 4.69) is 31.3 Å². The van der Waals surface area contributed by atoms with Crippen molar-refractivity contribution in [2.45, 2.75) is 217 Å². The molecule has 1 aliphatic rings. The second kappa shape index (κ2) is 30.3. The van der Waals surface area contributed by atoms with E-state index in [-0.39, 0.29) is 6.42 Å². The van der Waals surface area contributed by atoms with Crippen molar-refractivity contribution in [3.63, 3.8) is 0 Å². The van der Waals surface area contributed by atoms with Crippen LogP contribution in [0.4, 0.5) is 0 Å². The van der Waals surface area contributed by atoms with Crippen LogP contribution in [0.15, 0.2) is 12.2 Å². The molecule has 0 aromatic carbocycles. The molecule has 50 heavy (non-hydrogen) atoms. The first-order chi connectivity index (χ1) is 24.2. The lowest BCUT2D eigenvalue weighted by Gasteiger charge is -2.40. The summed E-state index contributed by atoms with van der Waals surface area (Å²) < 4.78 is 11.0. The van der Waals surface area contributed by atoms with Gasteiger partial charge in [0.25, 0.3) is 0 Å². The summed E-state index contributed by atoms with van der Waals surface area (Å²) in [5, 5.41) is 74.8. The molecule has 0 bridgehead atoms. The third-order valence-corrected chi connectivity index (χ3v) is 9.82. The van der Waals surface area contributed by atoms with Crippen molar-refractivity contribution in [2.24, 2.45) is 0 Å². The summed E-state index contributed by atoms with van der Waals surface area (Å²) in [6, 6.07) is -1.16. The van der Waals surface area contributed by atoms with Gasteiger partial charge in [0.1, 0.15) is 36.6 Å². The Hall–Kier alpha value is -1.15. The molecule has 11 nitrogen and oxygen atoms in total. The van der Waals surface area contributed by atoms with E-state index in [9.17, 15) is 40.5 Å². The van der Waals surface area contributed by atoms with Crippen molar-refractivity contribution < 1.29 is 50.0 Å². The van der Waals surface area contributed by atoms with Crippen LogP contribution in [-0.4, -0.2) is 110 Å². The van der Waals surface area contributed by atoms with Crippen LogP contribution >= 0.6 is 0 Å². The fourth-order valence-corrected chi connectivity index (χ4v) is 6.37. The second-order valence-corrected chi connectivity index (χ2v) is 14.4. The number of ether oxygens (including phenoxy) is 2. The molecule has 1 aliphatic heterocycles. The van der Waals surface area contributed by atoms with Crippen LogP contribution in [0.3, 0.4) is 0 Å². The molecule has 9 unspecified atom stereocenters. The first-order valence-corrected chi connectivity index (χ1v) is 20.1. The maximum absolute atomic E-state index is 12.9. The Kier molecular flexibility index (Phi) is 28.4. The normalized spacial score (nSPS) is 23.6. The predicted molar refractivity (Wildman–Crippen MR) is 196 cm³/mol. The summed E-state index contributed by atoms with van der Waals surface area (Å²) in [5.41, 5.74) is 0. The topological polar surface area (TPSA) is 189 Å². The number of carbonyl (C=O) groups excluding carboxylic acids is 1. The standard InChI is InChI=1S/C39H75NO10/c1-3-5-7-9-10-11-12-13-14-15-16-17-18-19-20-21-23-25-27-32(43)38(48)40-30(34(44)31(42)26-24-22-8-6-4-2)29-49-39-37(47)36(46)35(45)33(28-41)50-39/h15-16,30-37,39,41-47H,3-14,17-29H2,1-2H3,(H,40,48)/b16-15-. The number of unbranched alkanes of at least 4 members (excludes halogenated alkanes) is 18. The fraction of sp³-hybridized carbons (Fsp3) is 0.923. The van der Waals surface area contributed by atoms with Gasteiger partial charge < -0.3 is 50.5 Å². The Morgan fingerprint density at radius 1 is 0.680 bits per heavy atom. The molecule has 0 radical (unpaired) electrons. The molecule has 1 rings (SSSR count). The van der Waals surface area contributed by atoms with Crippen LogP contribution in [0, 0.1) is 0 Å². The van der Waals surface area contributed by atoms with Crippen LogP contribution in [0.2, 0.25) is 0 Å². The number of aliphatic hydroxyl groups is 7. The van der Waals surface area contributed by atoms with E-state index in [1.807, 2.05) is 0 Å². The van der Waals surface area contributed by atoms with E-state index in [0.717, 1.165) is 57.8 Å². The van der Waals surface area contributed by atoms with Gasteiger partial charge in [-0.25, -0.2) is 0 Å². The number of aliphatic hydroxyl groups excluding tert-OH is 7. The van der Waals surface area contributed by atoms with Gasteiger partial charge in [-0.2, -0.15) is 0 Å². The van der Waals surface area contributed by atoms with Crippen molar-refractivity contribution >= 4 is 5.91 Å². The van der Waals surface area contributed by atoms with Gasteiger partial charge in [0.15, 0.2) is 6.29 Å². The van der Waals surface area contributed by atoms with Gasteiger partial charge >= 0.3 is 0 Å². The van der Waals surface area contributed by atoms with Crippen LogP contribution in [-0.2, 0) is 14.3 Å². The molecule has 0 saturated carbocycles. The molecule has 11 heteroatoms. The van der Waals surface area contributed by atoms with Crippen LogP contribution in [0.25, 0.3) is 0 Å². The molecule has 0 spiro atoms. The zero-order valence-electron chi connectivity index (χ0n) is 31.4. The number of rotatable bonds is 32. The number of amides is 1. The smallest absolute Gasteiger partial charge is 0.249 e. The van der Waals surface area contributed by atoms with Crippen LogP contribution in [0.5, 0.6) is 0 Å². The minimum atomic E-state index is -1.66. The Bertz CT molecular complexity index is 831. The largest absolute Gasteiger partial charge is 0.394 e. The van der Waals surface area contributed by atoms with Gasteiger partial charge in [-0.1, -0.05) is 135 Å². The summed E-state index contributed by atoms with van der Waals surface area (Å²) >= 11 is 0. The summed E-state index contributed by atoms with van der Waals surface area (Å²) in [7, 11) is 0. The lowest BCUT2D eigenvalue weighted by molar-refractivity contribution is -0.303. The molecule has 8 N–H and O–H groups in total. The Balaban J connectivity index is 2.41. The summed E-state index contributed by atoms with van der Waals surface area (Å²) in [6.07, 6.45) is 17.6. The van der Waals surface area contributed by atoms with E-state index in [1.165, 1.54) is 64.2 Å². The summed E-state index contributed by atoms with van der Waals surface area (Å²) in [5.74, 6) is -0.708. The van der Waals surface area contributed by atoms with E-state index in [1.54, 1.807) is 0 Å². The van der Waals surface area contributed by atoms with E-state index >= 15 is 0 Å². The van der Waals surface area contributed by atoms with Gasteiger partial charge in [-0.15, -0.1) is 0 Å². The number of allylic oxidation sites excluding steroid dienone is 2. The van der Waals surface area contributed by atoms with Gasteiger partial charge in [0, 0.05) is 0 Å². The molecule has 0 aliphatic carbocycles. The molecular weight excluding hydrogens is 642 g/mol. The van der Waals surface area contributed by atoms with Crippen molar-refractivity contribution in [1.29, 1.82) is 0 Å². The number of hydrogen-bond donors (Lipinski definition) is 8. The maximum Gasteiger partial charge on any atom is 0.249 e. The van der Waals surface area contributed by atoms with Gasteiger partial charge in [0.2, 0.25) is 5.91 Å². The molecule has 9 atom stereocenters. The molecular formula is C39H75NO10. The first kappa shape index (κ1) is 46.9. The van der Waals surface area contributed by atoms with Gasteiger partial charge in [0.05, 0.1) is 25.4 Å². The average Bonchev–Trinajstić information content (AvgIpc) is 3.11. The molecule has 0 aromatic rings. The highest BCUT2D eigenvalue weighted by atomic mass is 16.7. The highest BCUT2D eigenvalue weighted by molar-refractivity contribution is 5.80. The molecule has 0 aromatic heterocycles. The lowest BCUT2D eigenvalue weighted by atomic mass is 9.98. The molecule has 1 heterocycles. The van der Waals surface area contributed by atoms with Crippen molar-refractivity contribution in [3.05, 3.63) is 12.2 Å². The third kappa shape index (κ3) is 20.8. The quantitative estimate of drug-likeness (QED) is 0.0350. The maximum atomic E-state index is 12.9. The second-order valence-electron chi connectivity index (χ2n) is 14.4. The summed E-state index contributed by atoms with van der Waals surface area (Å²) in [6.45, 7) is 3.30. The first-order valence-electron chi connectivity index (χ1n) is 20.1. The zero-order valence-corrected chi connectivity index (χ0v) is 31.4. The Morgan fingerprint density at radius 3 is 1.68 bits per heavy atom. The molecule has 296 valence electrons. The van der Waals surface area contributed by atoms with Crippen molar-refractivity contribution in [2.75, 3.05) is 13.2 Å². The Morgan fingerprint density at radius 2 is 1.16 bits per heavy atom. The fourth-order valence-electron chi connectivity index (χ4n) is 6.37. The van der Waals surface area contributed by atoms with Gasteiger partial charge in [-0.05, 0) is 38.5 Å². The minimum Gasteiger partial charge on any atom is -0.394 e. The zero-order chi connectivity index (χ0) is 37.0. The predicted octanol–water partition coefficient (Wildman–Crippen LogP) is 4.94. The molecule has 1 saturated heterocycles. The van der Waals surface area contributed by atoms with E-state index < -0.39 is 74.2 Å². The highest BCUT2D eigenvalue weighted by Gasteiger charge is 2.44. The monoisotopic (exact) mass is 718 g/mol. The third-order valence-electron chi connectivity index (χ3n) is 9.82. The van der Waals surface area contributed by atoms with E-state index in [0.29, 0.717) is 19.3 Å². The summed E-state index contributed by atoms with van der Waals surface area (Å²) in [4.78, 5) is 12.9. The Labute approximate surface area is 302 Å². The van der Waals surface area contributed by atoms with Crippen LogP contribution in [0.1, 0.15) is 162 Å². The molecule has 1 fully saturated rings. The minimum absolute atomic E-state index is 0.254. The highest BCUT2D eigenvalue weighted by Crippen LogP contribution is 2.23. The number of nitrogens with one attached hydrogen (secondary N) is 1. The number of carbonyl (C=O) groups is 1. The van der Waals surface area contributed by atoms with E-state index in [4.69, 9.17) is 9.47 Å². The number of hydrogen-bond acceptors (Lipinski definition) is 10. The van der Waals surface area contributed by atoms with Gasteiger partial charge in [-0.3, -0.25) is 4.79 Å². The molecule has 1 amide bonds. The van der Waals surface area contributed by atoms with Crippen molar-refractivity contribution in [3.8, 4) is 0 Å². The SMILES string of the molecule is CCCCCCCCCC/C=C\CCCCCCCCC(O)C(=O)NC(COC1OC(CO)C(O)C(O)C1O)C(O)C(O)CCCCCCC.